The van der Waals surface area contributed by atoms with E-state index in [1.54, 1.807) is 6.92 Å². The number of rotatable bonds is 8. The smallest absolute Gasteiger partial charge is 0.412 e. The molecule has 14 heteroatoms. The first-order chi connectivity index (χ1) is 15.5. The van der Waals surface area contributed by atoms with Crippen LogP contribution in [0, 0.1) is 5.82 Å². The number of halogens is 1. The Hall–Kier alpha value is -3.55. The van der Waals surface area contributed by atoms with Crippen LogP contribution in [0.5, 0.6) is 0 Å². The monoisotopic (exact) mass is 473 g/mol. The van der Waals surface area contributed by atoms with E-state index in [9.17, 15) is 28.4 Å². The van der Waals surface area contributed by atoms with Crippen LogP contribution >= 0.6 is 0 Å². The van der Waals surface area contributed by atoms with Crippen LogP contribution in [0.4, 0.5) is 15.0 Å². The van der Waals surface area contributed by atoms with Crippen LogP contribution in [-0.2, 0) is 38.1 Å². The molecule has 1 aromatic rings. The lowest BCUT2D eigenvalue weighted by Crippen LogP contribution is -2.42. The van der Waals surface area contributed by atoms with Crippen LogP contribution in [-0.4, -0.2) is 65.1 Å². The minimum Gasteiger partial charge on any atom is -0.463 e. The fourth-order valence-corrected chi connectivity index (χ4v) is 2.96. The highest BCUT2D eigenvalue weighted by Gasteiger charge is 2.51. The maximum Gasteiger partial charge on any atom is 0.412 e. The number of nitrogens with zero attached hydrogens (tertiary/aromatic N) is 2. The third kappa shape index (κ3) is 6.97. The van der Waals surface area contributed by atoms with Gasteiger partial charge in [0.25, 0.3) is 0 Å². The van der Waals surface area contributed by atoms with Gasteiger partial charge in [0.1, 0.15) is 12.7 Å². The van der Waals surface area contributed by atoms with Crippen molar-refractivity contribution in [2.24, 2.45) is 0 Å². The van der Waals surface area contributed by atoms with Crippen molar-refractivity contribution < 1.29 is 47.3 Å². The topological polar surface area (TPSA) is 161 Å². The van der Waals surface area contributed by atoms with Crippen LogP contribution in [0.1, 0.15) is 40.3 Å². The maximum absolute atomic E-state index is 14.6. The predicted octanol–water partition coefficient (Wildman–Crippen LogP) is 0.665. The third-order valence-electron chi connectivity index (χ3n) is 4.18. The van der Waals surface area contributed by atoms with Crippen LogP contribution in [0.15, 0.2) is 11.0 Å². The second kappa shape index (κ2) is 11.4. The molecule has 2 heterocycles. The maximum atomic E-state index is 14.6. The molecule has 1 aromatic heterocycles. The summed E-state index contributed by atoms with van der Waals surface area (Å²) in [4.78, 5) is 62.1. The number of aromatic nitrogens is 2. The normalized spacial score (nSPS) is 21.7. The molecule has 0 aromatic carbocycles. The molecule has 1 amide bonds. The molecular weight excluding hydrogens is 449 g/mol. The average molecular weight is 473 g/mol. The lowest BCUT2D eigenvalue weighted by molar-refractivity contribution is -0.166. The van der Waals surface area contributed by atoms with Crippen molar-refractivity contribution in [3.8, 4) is 0 Å². The standard InChI is InChI=1S/C19H24FN3O10/c1-5-6-29-19(28)22-16-12(20)7-23(18(27)21-16)17-15(32-11(4)26)14(31-10(3)25)13(33-17)8-30-9(2)24/h7,13-15,17H,5-6,8H2,1-4H3,(H,21,22,27,28)/t13-,14-,15-,17-/m1/s1. The number of nitrogens with one attached hydrogen (secondary N) is 1. The van der Waals surface area contributed by atoms with E-state index in [1.807, 2.05) is 5.32 Å². The highest BCUT2D eigenvalue weighted by atomic mass is 19.1. The van der Waals surface area contributed by atoms with Crippen molar-refractivity contribution in [1.82, 2.24) is 9.55 Å². The largest absolute Gasteiger partial charge is 0.463 e. The second-order valence-corrected chi connectivity index (χ2v) is 6.90. The van der Waals surface area contributed by atoms with Crippen molar-refractivity contribution in [1.29, 1.82) is 0 Å². The summed E-state index contributed by atoms with van der Waals surface area (Å²) in [5, 5.41) is 2.01. The van der Waals surface area contributed by atoms with Gasteiger partial charge in [0.2, 0.25) is 0 Å². The van der Waals surface area contributed by atoms with Gasteiger partial charge in [-0.3, -0.25) is 24.3 Å². The predicted molar refractivity (Wildman–Crippen MR) is 105 cm³/mol. The summed E-state index contributed by atoms with van der Waals surface area (Å²) in [5.41, 5.74) is -1.08. The van der Waals surface area contributed by atoms with E-state index in [4.69, 9.17) is 23.7 Å². The molecule has 1 aliphatic heterocycles. The molecule has 0 aliphatic carbocycles. The number of carbonyl (C=O) groups excluding carboxylic acids is 4. The Kier molecular flexibility index (Phi) is 8.85. The van der Waals surface area contributed by atoms with E-state index in [0.29, 0.717) is 17.2 Å². The van der Waals surface area contributed by atoms with Crippen LogP contribution in [0.2, 0.25) is 0 Å². The molecule has 1 N–H and O–H groups in total. The van der Waals surface area contributed by atoms with Gasteiger partial charge in [0.05, 0.1) is 12.8 Å². The Morgan fingerprint density at radius 3 is 2.30 bits per heavy atom. The van der Waals surface area contributed by atoms with E-state index in [-0.39, 0.29) is 6.61 Å². The summed E-state index contributed by atoms with van der Waals surface area (Å²) in [6.07, 6.45) is -5.14. The Morgan fingerprint density at radius 1 is 1.09 bits per heavy atom. The molecule has 4 atom stereocenters. The fourth-order valence-electron chi connectivity index (χ4n) is 2.96. The lowest BCUT2D eigenvalue weighted by atomic mass is 10.1. The van der Waals surface area contributed by atoms with Crippen molar-refractivity contribution in [2.75, 3.05) is 18.5 Å². The number of amides is 1. The van der Waals surface area contributed by atoms with Gasteiger partial charge in [-0.25, -0.2) is 14.0 Å². The quantitative estimate of drug-likeness (QED) is 0.417. The zero-order chi connectivity index (χ0) is 24.7. The Morgan fingerprint density at radius 2 is 1.73 bits per heavy atom. The molecule has 0 spiro atoms. The van der Waals surface area contributed by atoms with Crippen LogP contribution < -0.4 is 11.0 Å². The number of ether oxygens (including phenoxy) is 5. The molecule has 1 aliphatic rings. The lowest BCUT2D eigenvalue weighted by Gasteiger charge is -2.24. The molecule has 182 valence electrons. The van der Waals surface area contributed by atoms with Gasteiger partial charge in [-0.2, -0.15) is 4.98 Å². The minimum absolute atomic E-state index is 0.0752. The highest BCUT2D eigenvalue weighted by Crippen LogP contribution is 2.34. The molecule has 0 saturated carbocycles. The van der Waals surface area contributed by atoms with Crippen molar-refractivity contribution in [3.63, 3.8) is 0 Å². The second-order valence-electron chi connectivity index (χ2n) is 6.90. The highest BCUT2D eigenvalue weighted by molar-refractivity contribution is 5.83. The molecule has 0 unspecified atom stereocenters. The van der Waals surface area contributed by atoms with Crippen molar-refractivity contribution in [3.05, 3.63) is 22.5 Å². The Labute approximate surface area is 187 Å². The zero-order valence-electron chi connectivity index (χ0n) is 18.4. The van der Waals surface area contributed by atoms with E-state index in [0.717, 1.165) is 20.8 Å². The van der Waals surface area contributed by atoms with Gasteiger partial charge in [-0.15, -0.1) is 0 Å². The summed E-state index contributed by atoms with van der Waals surface area (Å²) in [5.74, 6) is -4.05. The number of carbonyl (C=O) groups is 4. The first-order valence-electron chi connectivity index (χ1n) is 9.89. The summed E-state index contributed by atoms with van der Waals surface area (Å²) in [7, 11) is 0. The Balaban J connectivity index is 2.39. The SMILES string of the molecule is CCCOC(=O)Nc1nc(=O)n([C@@H]2O[C@H](COC(C)=O)[C@@H](OC(C)=O)[C@H]2OC(C)=O)cc1F. The van der Waals surface area contributed by atoms with Gasteiger partial charge in [0, 0.05) is 20.8 Å². The van der Waals surface area contributed by atoms with Crippen molar-refractivity contribution in [2.45, 2.75) is 58.7 Å². The van der Waals surface area contributed by atoms with Gasteiger partial charge in [-0.05, 0) is 6.42 Å². The molecule has 1 fully saturated rings. The number of esters is 3. The molecule has 0 bridgehead atoms. The third-order valence-corrected chi connectivity index (χ3v) is 4.18. The number of anilines is 1. The summed E-state index contributed by atoms with van der Waals surface area (Å²) >= 11 is 0. The number of hydrogen-bond acceptors (Lipinski definition) is 11. The summed E-state index contributed by atoms with van der Waals surface area (Å²) < 4.78 is 40.9. The van der Waals surface area contributed by atoms with E-state index >= 15 is 0 Å². The van der Waals surface area contributed by atoms with E-state index in [1.165, 1.54) is 0 Å². The molecule has 33 heavy (non-hydrogen) atoms. The van der Waals surface area contributed by atoms with Crippen LogP contribution in [0.3, 0.4) is 0 Å². The fraction of sp³-hybridized carbons (Fsp3) is 0.579. The minimum atomic E-state index is -1.49. The van der Waals surface area contributed by atoms with Gasteiger partial charge >= 0.3 is 29.7 Å². The number of hydrogen-bond donors (Lipinski definition) is 1. The summed E-state index contributed by atoms with van der Waals surface area (Å²) in [6.45, 7) is 4.72. The van der Waals surface area contributed by atoms with E-state index < -0.39 is 72.5 Å². The molecule has 0 radical (unpaired) electrons. The van der Waals surface area contributed by atoms with Gasteiger partial charge in [-0.1, -0.05) is 6.92 Å². The molecular formula is C19H24FN3O10. The van der Waals surface area contributed by atoms with Crippen LogP contribution in [0.25, 0.3) is 0 Å². The van der Waals surface area contributed by atoms with Gasteiger partial charge < -0.3 is 23.7 Å². The molecule has 1 saturated heterocycles. The average Bonchev–Trinajstić information content (AvgIpc) is 3.03. The molecule has 2 rings (SSSR count). The Bertz CT molecular complexity index is 966. The zero-order valence-corrected chi connectivity index (χ0v) is 18.4. The summed E-state index contributed by atoms with van der Waals surface area (Å²) in [6, 6.07) is 0. The first-order valence-corrected chi connectivity index (χ1v) is 9.89. The van der Waals surface area contributed by atoms with Crippen molar-refractivity contribution >= 4 is 29.8 Å². The van der Waals surface area contributed by atoms with Gasteiger partial charge in [0.15, 0.2) is 30.1 Å². The van der Waals surface area contributed by atoms with E-state index in [2.05, 4.69) is 4.98 Å². The molecule has 13 nitrogen and oxygen atoms in total. The first kappa shape index (κ1) is 25.7.